The van der Waals surface area contributed by atoms with Crippen LogP contribution in [-0.2, 0) is 4.79 Å². The van der Waals surface area contributed by atoms with Crippen LogP contribution >= 0.6 is 0 Å². The monoisotopic (exact) mass is 131 g/mol. The van der Waals surface area contributed by atoms with Crippen LogP contribution in [-0.4, -0.2) is 34.4 Å². The van der Waals surface area contributed by atoms with Crippen LogP contribution in [0.1, 0.15) is 0 Å². The Morgan fingerprint density at radius 1 is 1.78 bits per heavy atom. The normalized spacial score (nSPS) is 9.56. The van der Waals surface area contributed by atoms with E-state index in [2.05, 4.69) is 6.58 Å². The third-order valence-corrected chi connectivity index (χ3v) is 0.658. The van der Waals surface area contributed by atoms with Gasteiger partial charge in [-0.1, -0.05) is 6.08 Å². The Balaban J connectivity index is 3.37. The highest BCUT2D eigenvalue weighted by Gasteiger charge is 2.01. The summed E-state index contributed by atoms with van der Waals surface area (Å²) in [5.74, 6) is -1.06. The maximum atomic E-state index is 9.85. The van der Waals surface area contributed by atoms with Crippen molar-refractivity contribution in [3.8, 4) is 0 Å². The van der Waals surface area contributed by atoms with Crippen molar-refractivity contribution < 1.29 is 15.1 Å². The molecule has 0 bridgehead atoms. The second kappa shape index (κ2) is 4.05. The van der Waals surface area contributed by atoms with E-state index in [1.165, 1.54) is 6.08 Å². The van der Waals surface area contributed by atoms with E-state index in [9.17, 15) is 4.79 Å². The highest BCUT2D eigenvalue weighted by Crippen LogP contribution is 1.79. The summed E-state index contributed by atoms with van der Waals surface area (Å²) in [7, 11) is 0. The van der Waals surface area contributed by atoms with Crippen LogP contribution in [0.4, 0.5) is 0 Å². The van der Waals surface area contributed by atoms with Crippen molar-refractivity contribution in [3.63, 3.8) is 0 Å². The molecule has 4 heteroatoms. The summed E-state index contributed by atoms with van der Waals surface area (Å²) >= 11 is 0. The number of rotatable bonds is 4. The highest BCUT2D eigenvalue weighted by molar-refractivity contribution is 5.68. The molecule has 4 nitrogen and oxygen atoms in total. The topological polar surface area (TPSA) is 60.8 Å². The smallest absolute Gasteiger partial charge is 0.320 e. The predicted octanol–water partition coefficient (Wildman–Crippen LogP) is -0.0518. The van der Waals surface area contributed by atoms with Crippen LogP contribution in [0.5, 0.6) is 0 Å². The zero-order chi connectivity index (χ0) is 7.28. The second-order valence-electron chi connectivity index (χ2n) is 1.53. The Bertz CT molecular complexity index is 113. The second-order valence-corrected chi connectivity index (χ2v) is 1.53. The van der Waals surface area contributed by atoms with Gasteiger partial charge in [0.05, 0.1) is 0 Å². The molecule has 0 aliphatic heterocycles. The molecule has 0 radical (unpaired) electrons. The van der Waals surface area contributed by atoms with Crippen molar-refractivity contribution in [1.82, 2.24) is 5.06 Å². The maximum absolute atomic E-state index is 9.85. The van der Waals surface area contributed by atoms with E-state index in [4.69, 9.17) is 10.3 Å². The van der Waals surface area contributed by atoms with Gasteiger partial charge in [0.15, 0.2) is 0 Å². The third-order valence-electron chi connectivity index (χ3n) is 0.658. The van der Waals surface area contributed by atoms with Crippen LogP contribution in [0.2, 0.25) is 0 Å². The predicted molar refractivity (Wildman–Crippen MR) is 31.2 cm³/mol. The Morgan fingerprint density at radius 3 is 2.67 bits per heavy atom. The largest absolute Gasteiger partial charge is 0.480 e. The maximum Gasteiger partial charge on any atom is 0.320 e. The van der Waals surface area contributed by atoms with E-state index in [0.29, 0.717) is 5.06 Å². The van der Waals surface area contributed by atoms with E-state index in [0.717, 1.165) is 0 Å². The number of hydrogen-bond donors (Lipinski definition) is 2. The zero-order valence-electron chi connectivity index (χ0n) is 4.95. The average molecular weight is 131 g/mol. The quantitative estimate of drug-likeness (QED) is 0.414. The molecule has 0 aromatic rings. The molecule has 0 aromatic carbocycles. The van der Waals surface area contributed by atoms with Gasteiger partial charge in [-0.3, -0.25) is 4.79 Å². The lowest BCUT2D eigenvalue weighted by molar-refractivity contribution is -0.151. The Hall–Kier alpha value is -0.870. The molecule has 0 fully saturated rings. The van der Waals surface area contributed by atoms with Gasteiger partial charge in [-0.05, 0) is 0 Å². The number of hydrogen-bond acceptors (Lipinski definition) is 3. The average Bonchev–Trinajstić information content (AvgIpc) is 1.63. The minimum atomic E-state index is -1.06. The number of carboxylic acid groups (broad SMARTS) is 1. The lowest BCUT2D eigenvalue weighted by Crippen LogP contribution is -2.26. The van der Waals surface area contributed by atoms with Gasteiger partial charge in [0.25, 0.3) is 0 Å². The number of aliphatic carboxylic acids is 1. The van der Waals surface area contributed by atoms with Crippen LogP contribution < -0.4 is 0 Å². The Labute approximate surface area is 53.0 Å². The molecule has 0 amide bonds. The summed E-state index contributed by atoms with van der Waals surface area (Å²) in [4.78, 5) is 9.85. The fourth-order valence-corrected chi connectivity index (χ4v) is 0.370. The molecule has 0 unspecified atom stereocenters. The van der Waals surface area contributed by atoms with Gasteiger partial charge < -0.3 is 10.3 Å². The number of carbonyl (C=O) groups is 1. The molecule has 0 aromatic heterocycles. The van der Waals surface area contributed by atoms with Crippen molar-refractivity contribution in [3.05, 3.63) is 12.7 Å². The fraction of sp³-hybridized carbons (Fsp3) is 0.400. The van der Waals surface area contributed by atoms with E-state index in [1.807, 2.05) is 0 Å². The molecule has 0 aliphatic rings. The molecule has 0 spiro atoms. The van der Waals surface area contributed by atoms with Crippen LogP contribution in [0.25, 0.3) is 0 Å². The molecule has 9 heavy (non-hydrogen) atoms. The summed E-state index contributed by atoms with van der Waals surface area (Å²) in [5, 5.41) is 17.3. The number of hydroxylamine groups is 2. The summed E-state index contributed by atoms with van der Waals surface area (Å²) < 4.78 is 0. The van der Waals surface area contributed by atoms with Crippen LogP contribution in [0.3, 0.4) is 0 Å². The molecule has 0 atom stereocenters. The molecular weight excluding hydrogens is 122 g/mol. The summed E-state index contributed by atoms with van der Waals surface area (Å²) in [5.41, 5.74) is 0. The molecule has 0 saturated heterocycles. The molecule has 0 aliphatic carbocycles. The Kier molecular flexibility index (Phi) is 3.66. The molecule has 0 rings (SSSR count). The van der Waals surface area contributed by atoms with Crippen molar-refractivity contribution in [2.45, 2.75) is 0 Å². The summed E-state index contributed by atoms with van der Waals surface area (Å²) in [6.45, 7) is 3.12. The van der Waals surface area contributed by atoms with Crippen molar-refractivity contribution in [1.29, 1.82) is 0 Å². The first-order valence-electron chi connectivity index (χ1n) is 2.43. The van der Waals surface area contributed by atoms with Gasteiger partial charge in [0, 0.05) is 6.54 Å². The van der Waals surface area contributed by atoms with E-state index in [-0.39, 0.29) is 13.1 Å². The van der Waals surface area contributed by atoms with Gasteiger partial charge >= 0.3 is 5.97 Å². The highest BCUT2D eigenvalue weighted by atomic mass is 16.5. The van der Waals surface area contributed by atoms with Crippen LogP contribution in [0, 0.1) is 0 Å². The minimum Gasteiger partial charge on any atom is -0.480 e. The van der Waals surface area contributed by atoms with E-state index >= 15 is 0 Å². The van der Waals surface area contributed by atoms with Gasteiger partial charge in [0.1, 0.15) is 6.54 Å². The first-order chi connectivity index (χ1) is 4.16. The molecular formula is C5H9NO3. The zero-order valence-corrected chi connectivity index (χ0v) is 4.95. The molecule has 2 N–H and O–H groups in total. The number of carboxylic acids is 1. The molecule has 52 valence electrons. The minimum absolute atomic E-state index is 0.173. The standard InChI is InChI=1S/C5H9NO3/c1-2-3-6(9)4-5(7)8/h2,9H,1,3-4H2,(H,7,8). The van der Waals surface area contributed by atoms with Gasteiger partial charge in [-0.15, -0.1) is 6.58 Å². The number of nitrogens with zero attached hydrogens (tertiary/aromatic N) is 1. The van der Waals surface area contributed by atoms with Gasteiger partial charge in [-0.25, -0.2) is 0 Å². The van der Waals surface area contributed by atoms with Crippen molar-refractivity contribution >= 4 is 5.97 Å². The third kappa shape index (κ3) is 4.99. The molecule has 0 saturated carbocycles. The first kappa shape index (κ1) is 8.13. The first-order valence-corrected chi connectivity index (χ1v) is 2.43. The Morgan fingerprint density at radius 2 is 2.33 bits per heavy atom. The van der Waals surface area contributed by atoms with E-state index in [1.54, 1.807) is 0 Å². The lowest BCUT2D eigenvalue weighted by atomic mass is 10.5. The summed E-state index contributed by atoms with van der Waals surface area (Å²) in [6.07, 6.45) is 1.42. The van der Waals surface area contributed by atoms with E-state index < -0.39 is 5.97 Å². The summed E-state index contributed by atoms with van der Waals surface area (Å²) in [6, 6.07) is 0. The molecule has 0 heterocycles. The van der Waals surface area contributed by atoms with Crippen molar-refractivity contribution in [2.24, 2.45) is 0 Å². The van der Waals surface area contributed by atoms with Crippen LogP contribution in [0.15, 0.2) is 12.7 Å². The lowest BCUT2D eigenvalue weighted by Gasteiger charge is -2.06. The fourth-order valence-electron chi connectivity index (χ4n) is 0.370. The SMILES string of the molecule is C=CCN(O)CC(=O)O. The van der Waals surface area contributed by atoms with Crippen molar-refractivity contribution in [2.75, 3.05) is 13.1 Å². The van der Waals surface area contributed by atoms with Gasteiger partial charge in [0.2, 0.25) is 0 Å². The van der Waals surface area contributed by atoms with Gasteiger partial charge in [-0.2, -0.15) is 5.06 Å².